The summed E-state index contributed by atoms with van der Waals surface area (Å²) in [5, 5.41) is 2.82. The van der Waals surface area contributed by atoms with E-state index in [9.17, 15) is 13.2 Å². The van der Waals surface area contributed by atoms with Gasteiger partial charge >= 0.3 is 0 Å². The molecule has 1 aliphatic heterocycles. The minimum absolute atomic E-state index is 0.170. The number of ether oxygens (including phenoxy) is 1. The van der Waals surface area contributed by atoms with Crippen molar-refractivity contribution in [1.29, 1.82) is 0 Å². The Morgan fingerprint density at radius 2 is 2.04 bits per heavy atom. The van der Waals surface area contributed by atoms with Crippen molar-refractivity contribution in [2.24, 2.45) is 0 Å². The predicted molar refractivity (Wildman–Crippen MR) is 107 cm³/mol. The topological polar surface area (TPSA) is 75.7 Å². The van der Waals surface area contributed by atoms with Crippen molar-refractivity contribution in [3.63, 3.8) is 0 Å². The minimum Gasteiger partial charge on any atom is -0.497 e. The quantitative estimate of drug-likeness (QED) is 0.752. The molecule has 0 aliphatic carbocycles. The predicted octanol–water partition coefficient (Wildman–Crippen LogP) is 3.56. The van der Waals surface area contributed by atoms with Gasteiger partial charge in [-0.15, -0.1) is 0 Å². The molecule has 1 atom stereocenters. The summed E-state index contributed by atoms with van der Waals surface area (Å²) in [7, 11) is -2.32. The second kappa shape index (κ2) is 8.00. The van der Waals surface area contributed by atoms with Crippen molar-refractivity contribution in [1.82, 2.24) is 4.31 Å². The summed E-state index contributed by atoms with van der Waals surface area (Å²) >= 11 is 3.36. The number of methoxy groups -OCH3 is 1. The zero-order valence-electron chi connectivity index (χ0n) is 15.1. The van der Waals surface area contributed by atoms with Gasteiger partial charge in [0.05, 0.1) is 12.0 Å². The first-order chi connectivity index (χ1) is 12.8. The van der Waals surface area contributed by atoms with Gasteiger partial charge in [-0.2, -0.15) is 4.31 Å². The number of aryl methyl sites for hydroxylation is 1. The number of amides is 1. The summed E-state index contributed by atoms with van der Waals surface area (Å²) < 4.78 is 33.8. The lowest BCUT2D eigenvalue weighted by Crippen LogP contribution is -2.43. The number of hydrogen-bond acceptors (Lipinski definition) is 4. The second-order valence-electron chi connectivity index (χ2n) is 6.40. The Labute approximate surface area is 167 Å². The van der Waals surface area contributed by atoms with Crippen LogP contribution in [0, 0.1) is 6.92 Å². The van der Waals surface area contributed by atoms with Crippen LogP contribution in [0.1, 0.15) is 18.4 Å². The highest BCUT2D eigenvalue weighted by Crippen LogP contribution is 2.30. The fourth-order valence-electron chi connectivity index (χ4n) is 3.19. The maximum Gasteiger partial charge on any atom is 0.244 e. The highest BCUT2D eigenvalue weighted by atomic mass is 79.9. The average Bonchev–Trinajstić information content (AvgIpc) is 3.13. The molecule has 0 bridgehead atoms. The summed E-state index contributed by atoms with van der Waals surface area (Å²) in [5.74, 6) is 0.142. The molecule has 1 heterocycles. The number of carbonyl (C=O) groups is 1. The van der Waals surface area contributed by atoms with Gasteiger partial charge in [-0.05, 0) is 49.6 Å². The van der Waals surface area contributed by atoms with Crippen LogP contribution in [0.3, 0.4) is 0 Å². The molecule has 0 saturated carbocycles. The highest BCUT2D eigenvalue weighted by Gasteiger charge is 2.40. The number of sulfonamides is 1. The van der Waals surface area contributed by atoms with Gasteiger partial charge in [-0.1, -0.05) is 28.1 Å². The van der Waals surface area contributed by atoms with E-state index in [0.29, 0.717) is 36.4 Å². The van der Waals surface area contributed by atoms with E-state index in [-0.39, 0.29) is 10.8 Å². The number of nitrogens with one attached hydrogen (secondary N) is 1. The van der Waals surface area contributed by atoms with Crippen molar-refractivity contribution in [3.8, 4) is 5.75 Å². The van der Waals surface area contributed by atoms with Crippen LogP contribution in [0.2, 0.25) is 0 Å². The van der Waals surface area contributed by atoms with E-state index < -0.39 is 16.1 Å². The Balaban J connectivity index is 1.88. The van der Waals surface area contributed by atoms with Gasteiger partial charge in [-0.25, -0.2) is 8.42 Å². The number of anilines is 1. The second-order valence-corrected chi connectivity index (χ2v) is 9.18. The lowest BCUT2D eigenvalue weighted by Gasteiger charge is -2.24. The average molecular weight is 453 g/mol. The molecular weight excluding hydrogens is 432 g/mol. The van der Waals surface area contributed by atoms with Gasteiger partial charge in [0, 0.05) is 22.8 Å². The third-order valence-corrected chi connectivity index (χ3v) is 7.12. The molecule has 0 aromatic heterocycles. The minimum atomic E-state index is -3.81. The van der Waals surface area contributed by atoms with Crippen molar-refractivity contribution >= 4 is 37.5 Å². The van der Waals surface area contributed by atoms with Gasteiger partial charge in [0.1, 0.15) is 11.8 Å². The number of halogens is 1. The zero-order chi connectivity index (χ0) is 19.6. The van der Waals surface area contributed by atoms with E-state index in [2.05, 4.69) is 21.2 Å². The largest absolute Gasteiger partial charge is 0.497 e. The van der Waals surface area contributed by atoms with E-state index in [4.69, 9.17) is 4.74 Å². The van der Waals surface area contributed by atoms with Crippen molar-refractivity contribution in [3.05, 3.63) is 52.5 Å². The van der Waals surface area contributed by atoms with Gasteiger partial charge < -0.3 is 10.1 Å². The number of carbonyl (C=O) groups excluding carboxylic acids is 1. The van der Waals surface area contributed by atoms with Crippen LogP contribution in [0.4, 0.5) is 5.69 Å². The molecule has 0 radical (unpaired) electrons. The van der Waals surface area contributed by atoms with E-state index >= 15 is 0 Å². The van der Waals surface area contributed by atoms with Crippen LogP contribution in [0.5, 0.6) is 5.75 Å². The molecule has 8 heteroatoms. The number of benzene rings is 2. The molecule has 27 heavy (non-hydrogen) atoms. The van der Waals surface area contributed by atoms with Gasteiger partial charge in [0.25, 0.3) is 0 Å². The first kappa shape index (κ1) is 19.9. The summed E-state index contributed by atoms with van der Waals surface area (Å²) in [6, 6.07) is 11.4. The molecule has 0 unspecified atom stereocenters. The van der Waals surface area contributed by atoms with Gasteiger partial charge in [0.2, 0.25) is 15.9 Å². The first-order valence-electron chi connectivity index (χ1n) is 8.56. The Morgan fingerprint density at radius 3 is 2.74 bits per heavy atom. The molecular formula is C19H21BrN2O4S. The first-order valence-corrected chi connectivity index (χ1v) is 10.8. The van der Waals surface area contributed by atoms with Crippen molar-refractivity contribution < 1.29 is 17.9 Å². The molecule has 1 fully saturated rings. The normalized spacial score (nSPS) is 17.7. The lowest BCUT2D eigenvalue weighted by atomic mass is 10.2. The Hall–Kier alpha value is -1.90. The van der Waals surface area contributed by atoms with E-state index in [1.54, 1.807) is 31.2 Å². The highest BCUT2D eigenvalue weighted by molar-refractivity contribution is 9.10. The third-order valence-electron chi connectivity index (χ3n) is 4.58. The van der Waals surface area contributed by atoms with Crippen molar-refractivity contribution in [2.75, 3.05) is 19.0 Å². The summed E-state index contributed by atoms with van der Waals surface area (Å²) in [6.45, 7) is 2.05. The fraction of sp³-hybridized carbons (Fsp3) is 0.316. The van der Waals surface area contributed by atoms with E-state index in [1.165, 1.54) is 17.5 Å². The summed E-state index contributed by atoms with van der Waals surface area (Å²) in [5.41, 5.74) is 1.24. The number of hydrogen-bond donors (Lipinski definition) is 1. The summed E-state index contributed by atoms with van der Waals surface area (Å²) in [6.07, 6.45) is 1.13. The molecule has 6 nitrogen and oxygen atoms in total. The van der Waals surface area contributed by atoms with Crippen LogP contribution >= 0.6 is 15.9 Å². The Morgan fingerprint density at radius 1 is 1.26 bits per heavy atom. The smallest absolute Gasteiger partial charge is 0.244 e. The maximum atomic E-state index is 13.2. The molecule has 1 amide bonds. The summed E-state index contributed by atoms with van der Waals surface area (Å²) in [4.78, 5) is 12.9. The fourth-order valence-corrected chi connectivity index (χ4v) is 5.49. The van der Waals surface area contributed by atoms with Crippen LogP contribution in [0.25, 0.3) is 0 Å². The van der Waals surface area contributed by atoms with Crippen LogP contribution < -0.4 is 10.1 Å². The standard InChI is InChI=1S/C19H21BrN2O4S/c1-13-8-9-16(26-2)12-18(13)27(24,25)22-10-4-7-17(22)19(23)21-15-6-3-5-14(20)11-15/h3,5-6,8-9,11-12,17H,4,7,10H2,1-2H3,(H,21,23)/t17-/m1/s1. The number of nitrogens with zero attached hydrogens (tertiary/aromatic N) is 1. The lowest BCUT2D eigenvalue weighted by molar-refractivity contribution is -0.119. The molecule has 0 spiro atoms. The van der Waals surface area contributed by atoms with Crippen molar-refractivity contribution in [2.45, 2.75) is 30.7 Å². The molecule has 2 aromatic rings. The molecule has 2 aromatic carbocycles. The van der Waals surface area contributed by atoms with Gasteiger partial charge in [0.15, 0.2) is 0 Å². The Bertz CT molecular complexity index is 962. The third kappa shape index (κ3) is 4.17. The maximum absolute atomic E-state index is 13.2. The Kier molecular flexibility index (Phi) is 5.88. The zero-order valence-corrected chi connectivity index (χ0v) is 17.5. The molecule has 1 saturated heterocycles. The SMILES string of the molecule is COc1ccc(C)c(S(=O)(=O)N2CCC[C@@H]2C(=O)Nc2cccc(Br)c2)c1. The molecule has 1 N–H and O–H groups in total. The van der Waals surface area contributed by atoms with Crippen LogP contribution in [-0.2, 0) is 14.8 Å². The monoisotopic (exact) mass is 452 g/mol. The molecule has 144 valence electrons. The van der Waals surface area contributed by atoms with Crippen LogP contribution in [0.15, 0.2) is 51.8 Å². The van der Waals surface area contributed by atoms with E-state index in [1.807, 2.05) is 12.1 Å². The molecule has 3 rings (SSSR count). The number of rotatable bonds is 5. The van der Waals surface area contributed by atoms with E-state index in [0.717, 1.165) is 4.47 Å². The van der Waals surface area contributed by atoms with Gasteiger partial charge in [-0.3, -0.25) is 4.79 Å². The van der Waals surface area contributed by atoms with Crippen LogP contribution in [-0.4, -0.2) is 38.3 Å². The molecule has 1 aliphatic rings.